The number of hydrogen-bond donors (Lipinski definition) is 2. The largest absolute Gasteiger partial charge is 0.478 e. The minimum atomic E-state index is -0.884. The molecule has 1 aliphatic rings. The summed E-state index contributed by atoms with van der Waals surface area (Å²) in [5.41, 5.74) is 3.48. The van der Waals surface area contributed by atoms with E-state index in [1.165, 1.54) is 16.3 Å². The Hall–Kier alpha value is -2.60. The maximum absolute atomic E-state index is 11.3. The number of carboxylic acids is 1. The molecule has 3 aromatic carbocycles. The second-order valence-corrected chi connectivity index (χ2v) is 7.94. The number of rotatable bonds is 6. The fourth-order valence-corrected chi connectivity index (χ4v) is 4.21. The van der Waals surface area contributed by atoms with Crippen LogP contribution < -0.4 is 10.2 Å². The molecule has 0 radical (unpaired) electrons. The van der Waals surface area contributed by atoms with Crippen LogP contribution in [0, 0.1) is 6.92 Å². The first-order valence-electron chi connectivity index (χ1n) is 10.4. The van der Waals surface area contributed by atoms with Gasteiger partial charge in [0.2, 0.25) is 0 Å². The molecule has 1 heterocycles. The Morgan fingerprint density at radius 1 is 1.19 bits per heavy atom. The summed E-state index contributed by atoms with van der Waals surface area (Å²) in [7, 11) is 0. The van der Waals surface area contributed by atoms with Gasteiger partial charge in [0.15, 0.2) is 0 Å². The van der Waals surface area contributed by atoms with Crippen LogP contribution in [0.3, 0.4) is 0 Å². The summed E-state index contributed by atoms with van der Waals surface area (Å²) < 4.78 is 6.00. The molecule has 2 atom stereocenters. The van der Waals surface area contributed by atoms with E-state index in [9.17, 15) is 9.90 Å². The van der Waals surface area contributed by atoms with Gasteiger partial charge >= 0.3 is 5.97 Å². The first-order valence-corrected chi connectivity index (χ1v) is 10.4. The average molecular weight is 441 g/mol. The van der Waals surface area contributed by atoms with Crippen LogP contribution in [0.1, 0.15) is 34.5 Å². The summed E-state index contributed by atoms with van der Waals surface area (Å²) in [6.45, 7) is 7.04. The van der Waals surface area contributed by atoms with Gasteiger partial charge in [0, 0.05) is 31.4 Å². The molecule has 1 aliphatic heterocycles. The third-order valence-corrected chi connectivity index (χ3v) is 5.89. The van der Waals surface area contributed by atoms with Crippen LogP contribution in [-0.2, 0) is 4.74 Å². The Balaban J connectivity index is 0.00000272. The number of morpholine rings is 1. The van der Waals surface area contributed by atoms with Gasteiger partial charge in [-0.05, 0) is 53.9 Å². The van der Waals surface area contributed by atoms with Gasteiger partial charge < -0.3 is 20.1 Å². The van der Waals surface area contributed by atoms with Gasteiger partial charge in [-0.1, -0.05) is 42.5 Å². The number of hydrogen-bond acceptors (Lipinski definition) is 4. The van der Waals surface area contributed by atoms with E-state index in [0.29, 0.717) is 12.2 Å². The van der Waals surface area contributed by atoms with Gasteiger partial charge in [0.05, 0.1) is 18.3 Å². The topological polar surface area (TPSA) is 61.8 Å². The summed E-state index contributed by atoms with van der Waals surface area (Å²) in [6.07, 6.45) is 0.0793. The number of halogens is 1. The normalized spacial score (nSPS) is 17.2. The molecule has 5 nitrogen and oxygen atoms in total. The number of aryl methyl sites for hydroxylation is 1. The molecule has 0 aliphatic carbocycles. The number of aromatic carboxylic acids is 1. The van der Waals surface area contributed by atoms with Crippen LogP contribution in [0.4, 0.5) is 5.69 Å². The van der Waals surface area contributed by atoms with Crippen molar-refractivity contribution in [3.8, 4) is 0 Å². The molecule has 3 aromatic rings. The van der Waals surface area contributed by atoms with E-state index < -0.39 is 5.97 Å². The third kappa shape index (κ3) is 5.18. The Morgan fingerprint density at radius 2 is 1.97 bits per heavy atom. The molecular formula is C25H29ClN2O3. The van der Waals surface area contributed by atoms with E-state index >= 15 is 0 Å². The molecule has 0 amide bonds. The predicted molar refractivity (Wildman–Crippen MR) is 128 cm³/mol. The molecule has 1 unspecified atom stereocenters. The molecule has 4 rings (SSSR count). The first-order chi connectivity index (χ1) is 14.5. The van der Waals surface area contributed by atoms with E-state index in [1.807, 2.05) is 19.1 Å². The van der Waals surface area contributed by atoms with Gasteiger partial charge in [0.1, 0.15) is 0 Å². The minimum absolute atomic E-state index is 0. The fraction of sp³-hybridized carbons (Fsp3) is 0.320. The molecule has 0 bridgehead atoms. The maximum Gasteiger partial charge on any atom is 0.335 e. The number of carbonyl (C=O) groups is 1. The zero-order valence-electron chi connectivity index (χ0n) is 17.9. The van der Waals surface area contributed by atoms with E-state index in [2.05, 4.69) is 59.6 Å². The zero-order chi connectivity index (χ0) is 21.1. The quantitative estimate of drug-likeness (QED) is 0.575. The Morgan fingerprint density at radius 3 is 2.74 bits per heavy atom. The molecular weight excluding hydrogens is 412 g/mol. The van der Waals surface area contributed by atoms with E-state index in [4.69, 9.17) is 4.74 Å². The molecule has 31 heavy (non-hydrogen) atoms. The molecule has 164 valence electrons. The molecule has 6 heteroatoms. The van der Waals surface area contributed by atoms with E-state index in [1.54, 1.807) is 6.07 Å². The standard InChI is InChI=1S/C25H28N2O3.ClH/c1-17-14-20(10-11-22(17)25(28)29)27-12-13-30-21(16-27)15-26-18(2)23-9-5-7-19-6-3-4-8-24(19)23;/h3-11,14,18,21,26H,12-13,15-16H2,1-2H3,(H,28,29);1H/t18-,21?;/m1./s1. The third-order valence-electron chi connectivity index (χ3n) is 5.89. The number of benzene rings is 3. The van der Waals surface area contributed by atoms with Gasteiger partial charge in [-0.2, -0.15) is 0 Å². The lowest BCUT2D eigenvalue weighted by Gasteiger charge is -2.35. The molecule has 0 spiro atoms. The highest BCUT2D eigenvalue weighted by molar-refractivity contribution is 5.90. The van der Waals surface area contributed by atoms with Crippen molar-refractivity contribution in [2.45, 2.75) is 26.0 Å². The molecule has 0 saturated carbocycles. The van der Waals surface area contributed by atoms with Crippen LogP contribution in [0.25, 0.3) is 10.8 Å². The molecule has 1 saturated heterocycles. The van der Waals surface area contributed by atoms with Crippen LogP contribution in [0.2, 0.25) is 0 Å². The van der Waals surface area contributed by atoms with Gasteiger partial charge in [-0.25, -0.2) is 4.79 Å². The van der Waals surface area contributed by atoms with Crippen molar-refractivity contribution in [1.29, 1.82) is 0 Å². The number of anilines is 1. The number of nitrogens with one attached hydrogen (secondary N) is 1. The van der Waals surface area contributed by atoms with Crippen molar-refractivity contribution in [2.24, 2.45) is 0 Å². The molecule has 1 fully saturated rings. The van der Waals surface area contributed by atoms with Crippen molar-refractivity contribution in [3.63, 3.8) is 0 Å². The summed E-state index contributed by atoms with van der Waals surface area (Å²) in [6, 6.07) is 20.7. The lowest BCUT2D eigenvalue weighted by molar-refractivity contribution is 0.0394. The second-order valence-electron chi connectivity index (χ2n) is 7.94. The van der Waals surface area contributed by atoms with Crippen molar-refractivity contribution in [2.75, 3.05) is 31.1 Å². The zero-order valence-corrected chi connectivity index (χ0v) is 18.7. The highest BCUT2D eigenvalue weighted by atomic mass is 35.5. The monoisotopic (exact) mass is 440 g/mol. The lowest BCUT2D eigenvalue weighted by atomic mass is 9.99. The van der Waals surface area contributed by atoms with Crippen LogP contribution in [0.5, 0.6) is 0 Å². The van der Waals surface area contributed by atoms with Gasteiger partial charge in [-0.15, -0.1) is 12.4 Å². The number of ether oxygens (including phenoxy) is 1. The summed E-state index contributed by atoms with van der Waals surface area (Å²) in [4.78, 5) is 13.5. The van der Waals surface area contributed by atoms with Gasteiger partial charge in [0.25, 0.3) is 0 Å². The Kier molecular flexibility index (Phi) is 7.55. The summed E-state index contributed by atoms with van der Waals surface area (Å²) in [5, 5.41) is 15.4. The van der Waals surface area contributed by atoms with E-state index in [0.717, 1.165) is 30.9 Å². The SMILES string of the molecule is Cc1cc(N2CCOC(CN[C@H](C)c3cccc4ccccc34)C2)ccc1C(=O)O.Cl. The highest BCUT2D eigenvalue weighted by Gasteiger charge is 2.22. The van der Waals surface area contributed by atoms with Crippen LogP contribution in [0.15, 0.2) is 60.7 Å². The van der Waals surface area contributed by atoms with Crippen molar-refractivity contribution in [1.82, 2.24) is 5.32 Å². The van der Waals surface area contributed by atoms with Crippen molar-refractivity contribution >= 4 is 34.8 Å². The lowest BCUT2D eigenvalue weighted by Crippen LogP contribution is -2.47. The fourth-order valence-electron chi connectivity index (χ4n) is 4.21. The van der Waals surface area contributed by atoms with Crippen LogP contribution in [-0.4, -0.2) is 43.4 Å². The summed E-state index contributed by atoms with van der Waals surface area (Å²) in [5.74, 6) is -0.884. The van der Waals surface area contributed by atoms with E-state index in [-0.39, 0.29) is 24.6 Å². The Labute approximate surface area is 189 Å². The summed E-state index contributed by atoms with van der Waals surface area (Å²) >= 11 is 0. The van der Waals surface area contributed by atoms with Crippen LogP contribution >= 0.6 is 12.4 Å². The number of carboxylic acid groups (broad SMARTS) is 1. The van der Waals surface area contributed by atoms with Crippen molar-refractivity contribution in [3.05, 3.63) is 77.4 Å². The Bertz CT molecular complexity index is 1050. The number of fused-ring (bicyclic) bond motifs is 1. The minimum Gasteiger partial charge on any atom is -0.478 e. The number of nitrogens with zero attached hydrogens (tertiary/aromatic N) is 1. The molecule has 0 aromatic heterocycles. The van der Waals surface area contributed by atoms with Crippen molar-refractivity contribution < 1.29 is 14.6 Å². The predicted octanol–water partition coefficient (Wildman–Crippen LogP) is 4.82. The maximum atomic E-state index is 11.3. The van der Waals surface area contributed by atoms with Gasteiger partial charge in [-0.3, -0.25) is 0 Å². The smallest absolute Gasteiger partial charge is 0.335 e. The second kappa shape index (κ2) is 10.1. The highest BCUT2D eigenvalue weighted by Crippen LogP contribution is 2.25. The average Bonchev–Trinajstić information content (AvgIpc) is 2.77. The molecule has 2 N–H and O–H groups in total. The first kappa shape index (κ1) is 23.1.